The zero-order valence-electron chi connectivity index (χ0n) is 10.8. The van der Waals surface area contributed by atoms with Crippen LogP contribution in [-0.2, 0) is 16.8 Å². The number of carbonyl (C=O) groups is 1. The van der Waals surface area contributed by atoms with Gasteiger partial charge in [0.2, 0.25) is 0 Å². The molecule has 1 aromatic heterocycles. The second kappa shape index (κ2) is 6.64. The third kappa shape index (κ3) is 5.81. The summed E-state index contributed by atoms with van der Waals surface area (Å²) in [7, 11) is -3.51. The van der Waals surface area contributed by atoms with Crippen molar-refractivity contribution in [2.24, 2.45) is 5.92 Å². The monoisotopic (exact) mass is 290 g/mol. The summed E-state index contributed by atoms with van der Waals surface area (Å²) in [5.41, 5.74) is -0.0687. The number of aromatic carboxylic acids is 1. The Hall–Kier alpha value is -1.45. The number of aromatic nitrogens is 2. The predicted octanol–water partition coefficient (Wildman–Crippen LogP) is -0.339. The van der Waals surface area contributed by atoms with Crippen LogP contribution in [0, 0.1) is 5.92 Å². The van der Waals surface area contributed by atoms with Crippen molar-refractivity contribution in [3.05, 3.63) is 18.2 Å². The fraction of sp³-hybridized carbons (Fsp3) is 0.600. The number of carboxylic acid groups (broad SMARTS) is 1. The molecule has 1 heterocycles. The molecule has 1 aromatic rings. The lowest BCUT2D eigenvalue weighted by Crippen LogP contribution is -2.39. The van der Waals surface area contributed by atoms with Crippen LogP contribution in [0.15, 0.2) is 12.5 Å². The lowest BCUT2D eigenvalue weighted by Gasteiger charge is -2.10. The first kappa shape index (κ1) is 15.6. The lowest BCUT2D eigenvalue weighted by atomic mass is 10.2. The molecule has 0 radical (unpaired) electrons. The second-order valence-corrected chi connectivity index (χ2v) is 6.03. The van der Waals surface area contributed by atoms with Crippen molar-refractivity contribution in [3.8, 4) is 0 Å². The Morgan fingerprint density at radius 2 is 2.16 bits per heavy atom. The highest BCUT2D eigenvalue weighted by molar-refractivity contribution is 7.87. The Bertz CT molecular complexity index is 523. The molecule has 0 spiro atoms. The van der Waals surface area contributed by atoms with Gasteiger partial charge in [-0.15, -0.1) is 0 Å². The maximum absolute atomic E-state index is 11.5. The first-order valence-electron chi connectivity index (χ1n) is 5.79. The molecule has 9 heteroatoms. The highest BCUT2D eigenvalue weighted by Crippen LogP contribution is 1.95. The van der Waals surface area contributed by atoms with Crippen LogP contribution in [-0.4, -0.2) is 42.1 Å². The summed E-state index contributed by atoms with van der Waals surface area (Å²) in [6.45, 7) is 4.64. The maximum Gasteiger partial charge on any atom is 0.356 e. The fourth-order valence-electron chi connectivity index (χ4n) is 1.23. The fourth-order valence-corrected chi connectivity index (χ4v) is 2.24. The van der Waals surface area contributed by atoms with E-state index in [2.05, 4.69) is 14.4 Å². The Labute approximate surface area is 112 Å². The van der Waals surface area contributed by atoms with Crippen LogP contribution in [0.4, 0.5) is 0 Å². The molecular weight excluding hydrogens is 272 g/mol. The molecule has 3 N–H and O–H groups in total. The number of imidazole rings is 1. The van der Waals surface area contributed by atoms with Gasteiger partial charge in [0, 0.05) is 25.8 Å². The van der Waals surface area contributed by atoms with Gasteiger partial charge in [-0.1, -0.05) is 13.8 Å². The molecule has 0 atom stereocenters. The summed E-state index contributed by atoms with van der Waals surface area (Å²) < 4.78 is 29.3. The molecule has 0 saturated heterocycles. The molecule has 108 valence electrons. The zero-order chi connectivity index (χ0) is 14.5. The highest BCUT2D eigenvalue weighted by atomic mass is 32.2. The van der Waals surface area contributed by atoms with Crippen molar-refractivity contribution >= 4 is 16.2 Å². The molecule has 0 fully saturated rings. The maximum atomic E-state index is 11.5. The van der Waals surface area contributed by atoms with E-state index in [0.29, 0.717) is 13.1 Å². The number of carboxylic acids is 1. The lowest BCUT2D eigenvalue weighted by molar-refractivity contribution is 0.0691. The minimum atomic E-state index is -3.51. The molecule has 0 unspecified atom stereocenters. The smallest absolute Gasteiger partial charge is 0.356 e. The van der Waals surface area contributed by atoms with Gasteiger partial charge in [0.05, 0.1) is 6.33 Å². The van der Waals surface area contributed by atoms with Crippen LogP contribution in [0.25, 0.3) is 0 Å². The Kier molecular flexibility index (Phi) is 5.45. The number of hydrogen-bond donors (Lipinski definition) is 3. The first-order chi connectivity index (χ1) is 8.80. The Morgan fingerprint density at radius 1 is 1.47 bits per heavy atom. The predicted molar refractivity (Wildman–Crippen MR) is 68.9 cm³/mol. The molecule has 19 heavy (non-hydrogen) atoms. The summed E-state index contributed by atoms with van der Waals surface area (Å²) in [5.74, 6) is -0.888. The number of hydrogen-bond acceptors (Lipinski definition) is 4. The van der Waals surface area contributed by atoms with Crippen LogP contribution in [0.5, 0.6) is 0 Å². The minimum absolute atomic E-state index is 0.0687. The molecule has 0 aliphatic carbocycles. The molecule has 0 bridgehead atoms. The van der Waals surface area contributed by atoms with Crippen LogP contribution in [0.2, 0.25) is 0 Å². The van der Waals surface area contributed by atoms with Crippen molar-refractivity contribution in [1.82, 2.24) is 19.0 Å². The van der Waals surface area contributed by atoms with Gasteiger partial charge < -0.3 is 9.67 Å². The summed E-state index contributed by atoms with van der Waals surface area (Å²) in [4.78, 5) is 14.3. The van der Waals surface area contributed by atoms with Crippen molar-refractivity contribution in [2.75, 3.05) is 13.1 Å². The molecule has 0 amide bonds. The summed E-state index contributed by atoms with van der Waals surface area (Å²) in [6, 6.07) is 0. The van der Waals surface area contributed by atoms with Crippen molar-refractivity contribution in [3.63, 3.8) is 0 Å². The van der Waals surface area contributed by atoms with E-state index in [4.69, 9.17) is 5.11 Å². The largest absolute Gasteiger partial charge is 0.476 e. The Morgan fingerprint density at radius 3 is 2.68 bits per heavy atom. The van der Waals surface area contributed by atoms with E-state index in [9.17, 15) is 13.2 Å². The van der Waals surface area contributed by atoms with E-state index in [1.54, 1.807) is 0 Å². The quantitative estimate of drug-likeness (QED) is 0.606. The number of nitrogens with zero attached hydrogens (tertiary/aromatic N) is 2. The summed E-state index contributed by atoms with van der Waals surface area (Å²) in [5, 5.41) is 8.68. The Balaban J connectivity index is 2.38. The van der Waals surface area contributed by atoms with E-state index < -0.39 is 16.2 Å². The zero-order valence-corrected chi connectivity index (χ0v) is 11.6. The molecule has 1 rings (SSSR count). The van der Waals surface area contributed by atoms with Gasteiger partial charge in [-0.05, 0) is 5.92 Å². The van der Waals surface area contributed by atoms with Gasteiger partial charge >= 0.3 is 5.97 Å². The van der Waals surface area contributed by atoms with Gasteiger partial charge in [0.25, 0.3) is 10.2 Å². The van der Waals surface area contributed by atoms with Crippen molar-refractivity contribution < 1.29 is 18.3 Å². The topological polar surface area (TPSA) is 113 Å². The van der Waals surface area contributed by atoms with Gasteiger partial charge in [-0.2, -0.15) is 8.42 Å². The average Bonchev–Trinajstić information content (AvgIpc) is 2.75. The van der Waals surface area contributed by atoms with E-state index >= 15 is 0 Å². The average molecular weight is 290 g/mol. The first-order valence-corrected chi connectivity index (χ1v) is 7.28. The molecule has 8 nitrogen and oxygen atoms in total. The highest BCUT2D eigenvalue weighted by Gasteiger charge is 2.10. The molecule has 0 aliphatic heterocycles. The van der Waals surface area contributed by atoms with Crippen LogP contribution in [0.1, 0.15) is 24.3 Å². The summed E-state index contributed by atoms with van der Waals surface area (Å²) in [6.07, 6.45) is 2.69. The van der Waals surface area contributed by atoms with Crippen LogP contribution in [0.3, 0.4) is 0 Å². The van der Waals surface area contributed by atoms with E-state index in [1.165, 1.54) is 17.1 Å². The van der Waals surface area contributed by atoms with E-state index in [-0.39, 0.29) is 18.2 Å². The van der Waals surface area contributed by atoms with Gasteiger partial charge in [0.1, 0.15) is 0 Å². The molecule has 0 saturated carbocycles. The number of nitrogens with one attached hydrogen (secondary N) is 2. The van der Waals surface area contributed by atoms with Gasteiger partial charge in [-0.3, -0.25) is 0 Å². The molecule has 0 aliphatic rings. The third-order valence-corrected chi connectivity index (χ3v) is 3.33. The normalized spacial score (nSPS) is 11.9. The van der Waals surface area contributed by atoms with Crippen molar-refractivity contribution in [1.29, 1.82) is 0 Å². The van der Waals surface area contributed by atoms with Crippen molar-refractivity contribution in [2.45, 2.75) is 20.4 Å². The molecular formula is C10H18N4O4S. The van der Waals surface area contributed by atoms with Crippen LogP contribution >= 0.6 is 0 Å². The SMILES string of the molecule is CC(C)CNS(=O)(=O)NCCn1cnc(C(=O)O)c1. The van der Waals surface area contributed by atoms with Crippen LogP contribution < -0.4 is 9.44 Å². The third-order valence-electron chi connectivity index (χ3n) is 2.20. The van der Waals surface area contributed by atoms with E-state index in [0.717, 1.165) is 0 Å². The minimum Gasteiger partial charge on any atom is -0.476 e. The standard InChI is InChI=1S/C10H18N4O4S/c1-8(2)5-13-19(17,18)12-3-4-14-6-9(10(15)16)11-7-14/h6-8,12-13H,3-5H2,1-2H3,(H,15,16). The van der Waals surface area contributed by atoms with Gasteiger partial charge in [-0.25, -0.2) is 19.2 Å². The summed E-state index contributed by atoms with van der Waals surface area (Å²) >= 11 is 0. The van der Waals surface area contributed by atoms with Gasteiger partial charge in [0.15, 0.2) is 5.69 Å². The van der Waals surface area contributed by atoms with E-state index in [1.807, 2.05) is 13.8 Å². The number of rotatable bonds is 8. The molecule has 0 aromatic carbocycles. The second-order valence-electron chi connectivity index (χ2n) is 4.44.